The molecule has 21 heavy (non-hydrogen) atoms. The molecule has 4 nitrogen and oxygen atoms in total. The van der Waals surface area contributed by atoms with Crippen molar-refractivity contribution in [2.24, 2.45) is 10.9 Å². The van der Waals surface area contributed by atoms with E-state index in [4.69, 9.17) is 22.5 Å². The number of hydrogen-bond acceptors (Lipinski definition) is 3. The molecule has 6 heteroatoms. The molecule has 0 heterocycles. The first-order chi connectivity index (χ1) is 10.1. The van der Waals surface area contributed by atoms with Gasteiger partial charge >= 0.3 is 0 Å². The van der Waals surface area contributed by atoms with Crippen LogP contribution in [0.2, 0.25) is 5.02 Å². The number of oxime groups is 1. The summed E-state index contributed by atoms with van der Waals surface area (Å²) >= 11 is 6.06. The van der Waals surface area contributed by atoms with Crippen LogP contribution in [0.1, 0.15) is 16.7 Å². The molecule has 0 saturated heterocycles. The predicted molar refractivity (Wildman–Crippen MR) is 80.9 cm³/mol. The van der Waals surface area contributed by atoms with Gasteiger partial charge < -0.3 is 16.3 Å². The standard InChI is InChI=1S/C15H15ClFN3O/c16-14-4-2-1-3-11(14)9-19-8-10-5-12(15(18)20-21)7-13(17)6-10/h1-7,19,21H,8-9H2,(H2,18,20). The Morgan fingerprint density at radius 2 is 2.00 bits per heavy atom. The number of amidine groups is 1. The molecular weight excluding hydrogens is 293 g/mol. The highest BCUT2D eigenvalue weighted by molar-refractivity contribution is 6.31. The third kappa shape index (κ3) is 4.18. The molecule has 2 aromatic carbocycles. The van der Waals surface area contributed by atoms with Gasteiger partial charge in [-0.15, -0.1) is 0 Å². The molecule has 0 aromatic heterocycles. The van der Waals surface area contributed by atoms with Crippen molar-refractivity contribution in [1.82, 2.24) is 5.32 Å². The molecule has 0 fully saturated rings. The smallest absolute Gasteiger partial charge is 0.170 e. The number of nitrogens with zero attached hydrogens (tertiary/aromatic N) is 1. The predicted octanol–water partition coefficient (Wildman–Crippen LogP) is 2.86. The molecule has 0 aliphatic heterocycles. The molecule has 0 amide bonds. The van der Waals surface area contributed by atoms with E-state index < -0.39 is 5.82 Å². The van der Waals surface area contributed by atoms with Gasteiger partial charge in [0.05, 0.1) is 0 Å². The Labute approximate surface area is 127 Å². The molecule has 0 atom stereocenters. The van der Waals surface area contributed by atoms with Gasteiger partial charge in [-0.1, -0.05) is 35.0 Å². The molecule has 0 radical (unpaired) electrons. The van der Waals surface area contributed by atoms with E-state index >= 15 is 0 Å². The Hall–Kier alpha value is -2.11. The lowest BCUT2D eigenvalue weighted by Gasteiger charge is -2.08. The lowest BCUT2D eigenvalue weighted by atomic mass is 10.1. The van der Waals surface area contributed by atoms with Crippen LogP contribution in [0.25, 0.3) is 0 Å². The summed E-state index contributed by atoms with van der Waals surface area (Å²) in [4.78, 5) is 0. The Balaban J connectivity index is 2.04. The molecule has 0 aliphatic carbocycles. The van der Waals surface area contributed by atoms with Crippen LogP contribution in [-0.4, -0.2) is 11.0 Å². The number of rotatable bonds is 5. The molecule has 0 bridgehead atoms. The monoisotopic (exact) mass is 307 g/mol. The van der Waals surface area contributed by atoms with Crippen molar-refractivity contribution in [3.05, 3.63) is 70.0 Å². The maximum absolute atomic E-state index is 13.5. The fourth-order valence-electron chi connectivity index (χ4n) is 1.94. The topological polar surface area (TPSA) is 70.6 Å². The first-order valence-corrected chi connectivity index (χ1v) is 6.69. The second-order valence-electron chi connectivity index (χ2n) is 4.53. The summed E-state index contributed by atoms with van der Waals surface area (Å²) in [5.41, 5.74) is 7.47. The van der Waals surface area contributed by atoms with E-state index in [9.17, 15) is 4.39 Å². The minimum absolute atomic E-state index is 0.123. The van der Waals surface area contributed by atoms with E-state index in [0.29, 0.717) is 29.2 Å². The zero-order chi connectivity index (χ0) is 15.2. The number of hydrogen-bond donors (Lipinski definition) is 3. The Bertz CT molecular complexity index is 661. The molecule has 0 aliphatic rings. The van der Waals surface area contributed by atoms with Gasteiger partial charge in [0.15, 0.2) is 5.84 Å². The minimum atomic E-state index is -0.436. The average molecular weight is 308 g/mol. The van der Waals surface area contributed by atoms with Crippen LogP contribution in [0.5, 0.6) is 0 Å². The second kappa shape index (κ2) is 7.06. The van der Waals surface area contributed by atoms with Crippen molar-refractivity contribution in [1.29, 1.82) is 0 Å². The van der Waals surface area contributed by atoms with E-state index in [2.05, 4.69) is 10.5 Å². The van der Waals surface area contributed by atoms with Crippen LogP contribution < -0.4 is 11.1 Å². The van der Waals surface area contributed by atoms with Crippen molar-refractivity contribution in [3.63, 3.8) is 0 Å². The number of benzene rings is 2. The van der Waals surface area contributed by atoms with E-state index in [1.165, 1.54) is 12.1 Å². The van der Waals surface area contributed by atoms with Crippen molar-refractivity contribution in [2.45, 2.75) is 13.1 Å². The van der Waals surface area contributed by atoms with Crippen LogP contribution in [0, 0.1) is 5.82 Å². The Morgan fingerprint density at radius 3 is 2.71 bits per heavy atom. The Morgan fingerprint density at radius 1 is 1.24 bits per heavy atom. The van der Waals surface area contributed by atoms with E-state index in [0.717, 1.165) is 5.56 Å². The fourth-order valence-corrected chi connectivity index (χ4v) is 2.14. The summed E-state index contributed by atoms with van der Waals surface area (Å²) in [7, 11) is 0. The van der Waals surface area contributed by atoms with Gasteiger partial charge in [-0.2, -0.15) is 0 Å². The zero-order valence-corrected chi connectivity index (χ0v) is 11.9. The van der Waals surface area contributed by atoms with Crippen molar-refractivity contribution in [3.8, 4) is 0 Å². The molecule has 0 saturated carbocycles. The summed E-state index contributed by atoms with van der Waals surface area (Å²) < 4.78 is 13.5. The summed E-state index contributed by atoms with van der Waals surface area (Å²) in [5.74, 6) is -0.560. The lowest BCUT2D eigenvalue weighted by molar-refractivity contribution is 0.318. The molecule has 0 unspecified atom stereocenters. The summed E-state index contributed by atoms with van der Waals surface area (Å²) in [5, 5.41) is 15.4. The van der Waals surface area contributed by atoms with Gasteiger partial charge in [-0.3, -0.25) is 0 Å². The molecule has 110 valence electrons. The third-order valence-electron chi connectivity index (χ3n) is 2.96. The van der Waals surface area contributed by atoms with Gasteiger partial charge in [0, 0.05) is 23.7 Å². The number of halogens is 2. The van der Waals surface area contributed by atoms with Crippen molar-refractivity contribution >= 4 is 17.4 Å². The molecular formula is C15H15ClFN3O. The van der Waals surface area contributed by atoms with Crippen LogP contribution in [-0.2, 0) is 13.1 Å². The molecule has 0 spiro atoms. The average Bonchev–Trinajstić information content (AvgIpc) is 2.48. The number of nitrogens with two attached hydrogens (primary N) is 1. The van der Waals surface area contributed by atoms with Crippen LogP contribution in [0.15, 0.2) is 47.6 Å². The molecule has 4 N–H and O–H groups in total. The van der Waals surface area contributed by atoms with Crippen LogP contribution in [0.4, 0.5) is 4.39 Å². The first-order valence-electron chi connectivity index (χ1n) is 6.31. The highest BCUT2D eigenvalue weighted by atomic mass is 35.5. The van der Waals surface area contributed by atoms with Crippen molar-refractivity contribution in [2.75, 3.05) is 0 Å². The SMILES string of the molecule is N/C(=N/O)c1cc(F)cc(CNCc2ccccc2Cl)c1. The zero-order valence-electron chi connectivity index (χ0n) is 11.2. The Kier molecular flexibility index (Phi) is 5.14. The van der Waals surface area contributed by atoms with E-state index in [1.54, 1.807) is 6.07 Å². The molecule has 2 rings (SSSR count). The summed E-state index contributed by atoms with van der Waals surface area (Å²) in [6, 6.07) is 11.8. The highest BCUT2D eigenvalue weighted by Gasteiger charge is 2.05. The second-order valence-corrected chi connectivity index (χ2v) is 4.94. The third-order valence-corrected chi connectivity index (χ3v) is 3.33. The minimum Gasteiger partial charge on any atom is -0.409 e. The normalized spacial score (nSPS) is 11.6. The summed E-state index contributed by atoms with van der Waals surface area (Å²) in [6.45, 7) is 1.00. The fraction of sp³-hybridized carbons (Fsp3) is 0.133. The lowest BCUT2D eigenvalue weighted by Crippen LogP contribution is -2.16. The van der Waals surface area contributed by atoms with Crippen molar-refractivity contribution < 1.29 is 9.60 Å². The number of nitrogens with one attached hydrogen (secondary N) is 1. The van der Waals surface area contributed by atoms with Crippen LogP contribution in [0.3, 0.4) is 0 Å². The van der Waals surface area contributed by atoms with Gasteiger partial charge in [-0.25, -0.2) is 4.39 Å². The van der Waals surface area contributed by atoms with Gasteiger partial charge in [-0.05, 0) is 35.4 Å². The molecule has 2 aromatic rings. The maximum atomic E-state index is 13.5. The van der Waals surface area contributed by atoms with Gasteiger partial charge in [0.1, 0.15) is 5.82 Å². The van der Waals surface area contributed by atoms with E-state index in [1.807, 2.05) is 24.3 Å². The largest absolute Gasteiger partial charge is 0.409 e. The summed E-state index contributed by atoms with van der Waals surface area (Å²) in [6.07, 6.45) is 0. The highest BCUT2D eigenvalue weighted by Crippen LogP contribution is 2.15. The van der Waals surface area contributed by atoms with E-state index in [-0.39, 0.29) is 5.84 Å². The quantitative estimate of drug-likeness (QED) is 0.344. The van der Waals surface area contributed by atoms with Gasteiger partial charge in [0.25, 0.3) is 0 Å². The maximum Gasteiger partial charge on any atom is 0.170 e. The first kappa shape index (κ1) is 15.3. The van der Waals surface area contributed by atoms with Crippen LogP contribution >= 0.6 is 11.6 Å². The van der Waals surface area contributed by atoms with Gasteiger partial charge in [0.2, 0.25) is 0 Å².